The Morgan fingerprint density at radius 3 is 1.88 bits per heavy atom. The number of nitrogens with zero attached hydrogens (tertiary/aromatic N) is 2. The van der Waals surface area contributed by atoms with Gasteiger partial charge in [0, 0.05) is 14.9 Å². The molecule has 4 aromatic rings. The molecule has 0 aliphatic carbocycles. The van der Waals surface area contributed by atoms with E-state index in [-0.39, 0.29) is 31.4 Å². The number of nitriles is 1. The monoisotopic (exact) mass is 640 g/mol. The highest BCUT2D eigenvalue weighted by Gasteiger charge is 2.38. The molecule has 41 heavy (non-hydrogen) atoms. The molecule has 0 aliphatic rings. The van der Waals surface area contributed by atoms with Gasteiger partial charge in [0.1, 0.15) is 11.6 Å². The van der Waals surface area contributed by atoms with E-state index in [4.69, 9.17) is 23.2 Å². The SMILES string of the molecule is N#Cc1c(C(F)(F)F)cc(-c2ccc(-c3cc(C(F)(F)F)cc(C(F)(F)F)c3)s2)n(Cc2ccc(Cl)cc2Cl)c1=O. The first-order valence-corrected chi connectivity index (χ1v) is 12.6. The summed E-state index contributed by atoms with van der Waals surface area (Å²) in [6, 6.07) is 9.05. The van der Waals surface area contributed by atoms with E-state index in [2.05, 4.69) is 0 Å². The highest BCUT2D eigenvalue weighted by atomic mass is 35.5. The van der Waals surface area contributed by atoms with Crippen LogP contribution in [0.2, 0.25) is 10.0 Å². The number of aromatic nitrogens is 1. The lowest BCUT2D eigenvalue weighted by Crippen LogP contribution is -2.28. The summed E-state index contributed by atoms with van der Waals surface area (Å²) >= 11 is 12.6. The number of halogens is 11. The zero-order valence-corrected chi connectivity index (χ0v) is 22.1. The quantitative estimate of drug-likeness (QED) is 0.209. The molecular weight excluding hydrogens is 630 g/mol. The van der Waals surface area contributed by atoms with Crippen molar-refractivity contribution in [1.82, 2.24) is 4.57 Å². The second-order valence-corrected chi connectivity index (χ2v) is 10.4. The Morgan fingerprint density at radius 1 is 0.780 bits per heavy atom. The molecular formula is C26H11Cl2F9N2OS. The van der Waals surface area contributed by atoms with Crippen molar-refractivity contribution >= 4 is 34.5 Å². The average molecular weight is 641 g/mol. The van der Waals surface area contributed by atoms with Gasteiger partial charge < -0.3 is 4.57 Å². The van der Waals surface area contributed by atoms with Crippen molar-refractivity contribution in [3.8, 4) is 27.1 Å². The van der Waals surface area contributed by atoms with Crippen LogP contribution in [0.5, 0.6) is 0 Å². The zero-order chi connectivity index (χ0) is 30.5. The van der Waals surface area contributed by atoms with Crippen LogP contribution in [0.1, 0.15) is 27.8 Å². The summed E-state index contributed by atoms with van der Waals surface area (Å²) in [5, 5.41) is 9.62. The highest BCUT2D eigenvalue weighted by Crippen LogP contribution is 2.42. The minimum atomic E-state index is -5.14. The summed E-state index contributed by atoms with van der Waals surface area (Å²) in [4.78, 5) is 12.9. The molecule has 0 unspecified atom stereocenters. The number of thiophene rings is 1. The molecule has 0 saturated heterocycles. The van der Waals surface area contributed by atoms with Gasteiger partial charge in [0.05, 0.1) is 33.8 Å². The third-order valence-electron chi connectivity index (χ3n) is 5.79. The number of alkyl halides is 9. The van der Waals surface area contributed by atoms with Crippen molar-refractivity contribution in [3.05, 3.63) is 103 Å². The van der Waals surface area contributed by atoms with Crippen LogP contribution in [-0.4, -0.2) is 4.57 Å². The first-order chi connectivity index (χ1) is 18.9. The van der Waals surface area contributed by atoms with E-state index in [1.807, 2.05) is 0 Å². The first kappa shape index (κ1) is 30.5. The summed E-state index contributed by atoms with van der Waals surface area (Å²) in [6.07, 6.45) is -15.4. The van der Waals surface area contributed by atoms with Gasteiger partial charge in [-0.1, -0.05) is 29.3 Å². The molecule has 0 fully saturated rings. The lowest BCUT2D eigenvalue weighted by atomic mass is 10.0. The fourth-order valence-electron chi connectivity index (χ4n) is 3.89. The van der Waals surface area contributed by atoms with E-state index in [1.54, 1.807) is 0 Å². The number of rotatable bonds is 4. The van der Waals surface area contributed by atoms with Crippen LogP contribution < -0.4 is 5.56 Å². The minimum Gasteiger partial charge on any atom is -0.302 e. The summed E-state index contributed by atoms with van der Waals surface area (Å²) in [5.74, 6) is 0. The Balaban J connectivity index is 1.95. The largest absolute Gasteiger partial charge is 0.417 e. The fraction of sp³-hybridized carbons (Fsp3) is 0.154. The standard InChI is InChI=1S/C26H11Cl2F9N2OS/c27-16-2-1-12(19(28)8-16)11-39-20(9-18(26(35,36)37)17(10-38)23(39)40)22-4-3-21(41-22)13-5-14(24(29,30)31)7-15(6-13)25(32,33)34/h1-9H,11H2. The van der Waals surface area contributed by atoms with Crippen LogP contribution in [0.25, 0.3) is 21.0 Å². The van der Waals surface area contributed by atoms with Gasteiger partial charge in [-0.25, -0.2) is 0 Å². The molecule has 2 aromatic heterocycles. The zero-order valence-electron chi connectivity index (χ0n) is 19.8. The summed E-state index contributed by atoms with van der Waals surface area (Å²) in [5.41, 5.74) is -7.94. The summed E-state index contributed by atoms with van der Waals surface area (Å²) in [7, 11) is 0. The lowest BCUT2D eigenvalue weighted by Gasteiger charge is -2.17. The van der Waals surface area contributed by atoms with Crippen LogP contribution in [0.3, 0.4) is 0 Å². The molecule has 0 radical (unpaired) electrons. The first-order valence-electron chi connectivity index (χ1n) is 11.0. The molecule has 4 rings (SSSR count). The lowest BCUT2D eigenvalue weighted by molar-refractivity contribution is -0.143. The van der Waals surface area contributed by atoms with Crippen molar-refractivity contribution < 1.29 is 39.5 Å². The van der Waals surface area contributed by atoms with E-state index in [1.165, 1.54) is 24.3 Å². The number of pyridine rings is 1. The van der Waals surface area contributed by atoms with Crippen molar-refractivity contribution in [2.45, 2.75) is 25.1 Å². The summed E-state index contributed by atoms with van der Waals surface area (Å²) in [6.45, 7) is -0.438. The van der Waals surface area contributed by atoms with Crippen LogP contribution >= 0.6 is 34.5 Å². The molecule has 2 heterocycles. The van der Waals surface area contributed by atoms with Gasteiger partial charge in [0.2, 0.25) is 0 Å². The van der Waals surface area contributed by atoms with E-state index >= 15 is 0 Å². The molecule has 0 atom stereocenters. The van der Waals surface area contributed by atoms with E-state index in [0.717, 1.165) is 16.7 Å². The van der Waals surface area contributed by atoms with E-state index in [0.29, 0.717) is 29.5 Å². The molecule has 15 heteroatoms. The maximum Gasteiger partial charge on any atom is 0.417 e. The van der Waals surface area contributed by atoms with E-state index in [9.17, 15) is 49.6 Å². The predicted molar refractivity (Wildman–Crippen MR) is 135 cm³/mol. The Kier molecular flexibility index (Phi) is 7.99. The van der Waals surface area contributed by atoms with Crippen molar-refractivity contribution in [2.75, 3.05) is 0 Å². The van der Waals surface area contributed by atoms with Gasteiger partial charge in [-0.2, -0.15) is 44.8 Å². The average Bonchev–Trinajstić information content (AvgIpc) is 3.34. The van der Waals surface area contributed by atoms with Crippen molar-refractivity contribution in [3.63, 3.8) is 0 Å². The number of hydrogen-bond donors (Lipinski definition) is 0. The highest BCUT2D eigenvalue weighted by molar-refractivity contribution is 7.18. The Labute approximate surface area is 238 Å². The van der Waals surface area contributed by atoms with Crippen LogP contribution in [0.4, 0.5) is 39.5 Å². The van der Waals surface area contributed by atoms with Gasteiger partial charge >= 0.3 is 18.5 Å². The minimum absolute atomic E-state index is 0.0456. The second kappa shape index (κ2) is 10.7. The van der Waals surface area contributed by atoms with Crippen LogP contribution in [-0.2, 0) is 25.1 Å². The molecule has 3 nitrogen and oxygen atoms in total. The maximum atomic E-state index is 13.8. The van der Waals surface area contributed by atoms with Crippen LogP contribution in [0, 0.1) is 11.3 Å². The molecule has 0 aliphatic heterocycles. The van der Waals surface area contributed by atoms with E-state index < -0.39 is 64.1 Å². The molecule has 0 saturated carbocycles. The summed E-state index contributed by atoms with van der Waals surface area (Å²) < 4.78 is 122. The maximum absolute atomic E-state index is 13.8. The van der Waals surface area contributed by atoms with Gasteiger partial charge in [0.25, 0.3) is 5.56 Å². The van der Waals surface area contributed by atoms with Crippen LogP contribution in [0.15, 0.2) is 59.4 Å². The predicted octanol–water partition coefficient (Wildman–Crippen LogP) is 9.53. The third kappa shape index (κ3) is 6.39. The third-order valence-corrected chi connectivity index (χ3v) is 7.54. The second-order valence-electron chi connectivity index (χ2n) is 8.51. The number of benzene rings is 2. The molecule has 0 spiro atoms. The van der Waals surface area contributed by atoms with Crippen molar-refractivity contribution in [1.29, 1.82) is 5.26 Å². The van der Waals surface area contributed by atoms with Gasteiger partial charge in [-0.15, -0.1) is 11.3 Å². The Morgan fingerprint density at radius 2 is 1.37 bits per heavy atom. The fourth-order valence-corrected chi connectivity index (χ4v) is 5.37. The Hall–Kier alpha value is -3.47. The Bertz CT molecular complexity index is 1710. The normalized spacial score (nSPS) is 12.4. The van der Waals surface area contributed by atoms with Gasteiger partial charge in [-0.3, -0.25) is 4.79 Å². The smallest absolute Gasteiger partial charge is 0.302 e. The van der Waals surface area contributed by atoms with Gasteiger partial charge in [-0.05, 0) is 59.7 Å². The molecule has 0 amide bonds. The molecule has 0 bridgehead atoms. The van der Waals surface area contributed by atoms with Crippen molar-refractivity contribution in [2.24, 2.45) is 0 Å². The molecule has 0 N–H and O–H groups in total. The number of hydrogen-bond acceptors (Lipinski definition) is 3. The molecule has 2 aromatic carbocycles. The van der Waals surface area contributed by atoms with Gasteiger partial charge in [0.15, 0.2) is 0 Å². The topological polar surface area (TPSA) is 45.8 Å². The molecule has 214 valence electrons.